The fourth-order valence-corrected chi connectivity index (χ4v) is 4.16. The molecule has 0 radical (unpaired) electrons. The largest absolute Gasteiger partial charge is 0.376 e. The third-order valence-electron chi connectivity index (χ3n) is 5.20. The van der Waals surface area contributed by atoms with E-state index in [2.05, 4.69) is 25.2 Å². The van der Waals surface area contributed by atoms with E-state index in [4.69, 9.17) is 4.74 Å². The highest BCUT2D eigenvalue weighted by atomic mass is 16.5. The number of hydrogen-bond donors (Lipinski definition) is 1. The number of rotatable bonds is 7. The number of ether oxygens (including phenoxy) is 1. The van der Waals surface area contributed by atoms with Gasteiger partial charge < -0.3 is 10.1 Å². The summed E-state index contributed by atoms with van der Waals surface area (Å²) in [6.07, 6.45) is 16.5. The summed E-state index contributed by atoms with van der Waals surface area (Å²) in [6.45, 7) is 6.27. The van der Waals surface area contributed by atoms with Gasteiger partial charge in [0.25, 0.3) is 0 Å². The Morgan fingerprint density at radius 3 is 2.57 bits per heavy atom. The van der Waals surface area contributed by atoms with Gasteiger partial charge in [-0.2, -0.15) is 0 Å². The SMILES string of the molecule is CCNC(C1=CCCCCC1)C(OCC)C1CCCCC1. The zero-order chi connectivity index (χ0) is 14.9. The molecule has 0 saturated heterocycles. The van der Waals surface area contributed by atoms with E-state index in [9.17, 15) is 0 Å². The van der Waals surface area contributed by atoms with Crippen molar-refractivity contribution >= 4 is 0 Å². The molecule has 0 spiro atoms. The third-order valence-corrected chi connectivity index (χ3v) is 5.20. The lowest BCUT2D eigenvalue weighted by Crippen LogP contribution is -2.47. The predicted octanol–water partition coefficient (Wildman–Crippen LogP) is 4.84. The molecule has 2 aliphatic carbocycles. The Bertz CT molecular complexity index is 307. The molecule has 0 heterocycles. The second-order valence-corrected chi connectivity index (χ2v) is 6.73. The van der Waals surface area contributed by atoms with Gasteiger partial charge in [0.05, 0.1) is 12.1 Å². The Hall–Kier alpha value is -0.340. The minimum Gasteiger partial charge on any atom is -0.376 e. The Balaban J connectivity index is 2.11. The average Bonchev–Trinajstić information content (AvgIpc) is 2.81. The molecular formula is C19H35NO. The summed E-state index contributed by atoms with van der Waals surface area (Å²) in [7, 11) is 0. The van der Waals surface area contributed by atoms with Crippen LogP contribution in [-0.4, -0.2) is 25.3 Å². The topological polar surface area (TPSA) is 21.3 Å². The quantitative estimate of drug-likeness (QED) is 0.678. The van der Waals surface area contributed by atoms with Crippen molar-refractivity contribution in [1.82, 2.24) is 5.32 Å². The Morgan fingerprint density at radius 2 is 1.86 bits per heavy atom. The second kappa shape index (κ2) is 9.63. The fourth-order valence-electron chi connectivity index (χ4n) is 4.16. The summed E-state index contributed by atoms with van der Waals surface area (Å²) in [5.74, 6) is 0.756. The molecule has 0 aliphatic heterocycles. The van der Waals surface area contributed by atoms with Crippen LogP contribution < -0.4 is 5.32 Å². The molecule has 21 heavy (non-hydrogen) atoms. The van der Waals surface area contributed by atoms with Crippen molar-refractivity contribution < 1.29 is 4.74 Å². The zero-order valence-electron chi connectivity index (χ0n) is 14.2. The van der Waals surface area contributed by atoms with Gasteiger partial charge in [0.2, 0.25) is 0 Å². The van der Waals surface area contributed by atoms with Crippen LogP contribution in [0.25, 0.3) is 0 Å². The number of hydrogen-bond acceptors (Lipinski definition) is 2. The van der Waals surface area contributed by atoms with Gasteiger partial charge in [-0.1, -0.05) is 44.3 Å². The van der Waals surface area contributed by atoms with Crippen molar-refractivity contribution in [2.75, 3.05) is 13.2 Å². The van der Waals surface area contributed by atoms with E-state index < -0.39 is 0 Å². The van der Waals surface area contributed by atoms with Crippen LogP contribution >= 0.6 is 0 Å². The molecule has 2 rings (SSSR count). The lowest BCUT2D eigenvalue weighted by molar-refractivity contribution is -0.0100. The van der Waals surface area contributed by atoms with Crippen molar-refractivity contribution in [3.63, 3.8) is 0 Å². The Kier molecular flexibility index (Phi) is 7.81. The molecule has 2 heteroatoms. The summed E-state index contributed by atoms with van der Waals surface area (Å²) in [5.41, 5.74) is 1.64. The van der Waals surface area contributed by atoms with Gasteiger partial charge >= 0.3 is 0 Å². The van der Waals surface area contributed by atoms with Crippen molar-refractivity contribution in [3.05, 3.63) is 11.6 Å². The van der Waals surface area contributed by atoms with Gasteiger partial charge in [0, 0.05) is 6.61 Å². The molecule has 0 aromatic rings. The molecule has 1 saturated carbocycles. The smallest absolute Gasteiger partial charge is 0.0794 e. The average molecular weight is 293 g/mol. The van der Waals surface area contributed by atoms with Crippen molar-refractivity contribution in [2.24, 2.45) is 5.92 Å². The third kappa shape index (κ3) is 5.10. The molecule has 0 bridgehead atoms. The van der Waals surface area contributed by atoms with Crippen molar-refractivity contribution in [2.45, 2.75) is 90.2 Å². The molecule has 1 N–H and O–H groups in total. The van der Waals surface area contributed by atoms with E-state index in [1.807, 2.05) is 0 Å². The van der Waals surface area contributed by atoms with Gasteiger partial charge in [-0.3, -0.25) is 0 Å². The highest BCUT2D eigenvalue weighted by Crippen LogP contribution is 2.33. The van der Waals surface area contributed by atoms with Gasteiger partial charge in [-0.25, -0.2) is 0 Å². The summed E-state index contributed by atoms with van der Waals surface area (Å²) < 4.78 is 6.29. The summed E-state index contributed by atoms with van der Waals surface area (Å²) in [6, 6.07) is 0.455. The highest BCUT2D eigenvalue weighted by Gasteiger charge is 2.32. The number of allylic oxidation sites excluding steroid dienone is 1. The standard InChI is InChI=1S/C19H35NO/c1-3-20-18(16-12-8-5-6-9-13-16)19(21-4-2)17-14-10-7-11-15-17/h12,17-20H,3-11,13-15H2,1-2H3. The normalized spacial score (nSPS) is 24.2. The van der Waals surface area contributed by atoms with E-state index in [-0.39, 0.29) is 0 Å². The van der Waals surface area contributed by atoms with Crippen molar-refractivity contribution in [1.29, 1.82) is 0 Å². The van der Waals surface area contributed by atoms with Gasteiger partial charge in [-0.05, 0) is 57.9 Å². The fraction of sp³-hybridized carbons (Fsp3) is 0.895. The highest BCUT2D eigenvalue weighted by molar-refractivity contribution is 5.15. The Morgan fingerprint density at radius 1 is 1.10 bits per heavy atom. The Labute approximate surface area is 131 Å². The molecule has 0 amide bonds. The van der Waals surface area contributed by atoms with E-state index in [0.717, 1.165) is 19.1 Å². The van der Waals surface area contributed by atoms with Gasteiger partial charge in [0.1, 0.15) is 0 Å². The molecule has 2 nitrogen and oxygen atoms in total. The van der Waals surface area contributed by atoms with Crippen LogP contribution in [0.5, 0.6) is 0 Å². The molecule has 2 aliphatic rings. The van der Waals surface area contributed by atoms with Crippen LogP contribution in [0.15, 0.2) is 11.6 Å². The molecule has 0 aromatic carbocycles. The molecule has 122 valence electrons. The number of likely N-dealkylation sites (N-methyl/N-ethyl adjacent to an activating group) is 1. The first kappa shape index (κ1) is 17.0. The minimum absolute atomic E-state index is 0.389. The van der Waals surface area contributed by atoms with E-state index in [1.54, 1.807) is 5.57 Å². The summed E-state index contributed by atoms with van der Waals surface area (Å²) in [4.78, 5) is 0. The maximum absolute atomic E-state index is 6.29. The first-order valence-corrected chi connectivity index (χ1v) is 9.40. The maximum atomic E-state index is 6.29. The predicted molar refractivity (Wildman–Crippen MR) is 90.6 cm³/mol. The van der Waals surface area contributed by atoms with Gasteiger partial charge in [0.15, 0.2) is 0 Å². The van der Waals surface area contributed by atoms with Crippen LogP contribution in [0.2, 0.25) is 0 Å². The first-order chi connectivity index (χ1) is 10.4. The lowest BCUT2D eigenvalue weighted by atomic mass is 9.80. The van der Waals surface area contributed by atoms with E-state index in [0.29, 0.717) is 12.1 Å². The summed E-state index contributed by atoms with van der Waals surface area (Å²) in [5, 5.41) is 3.77. The van der Waals surface area contributed by atoms with Crippen LogP contribution in [0, 0.1) is 5.92 Å². The van der Waals surface area contributed by atoms with Crippen molar-refractivity contribution in [3.8, 4) is 0 Å². The van der Waals surface area contributed by atoms with Crippen LogP contribution in [-0.2, 0) is 4.74 Å². The lowest BCUT2D eigenvalue weighted by Gasteiger charge is -2.37. The van der Waals surface area contributed by atoms with E-state index in [1.165, 1.54) is 64.2 Å². The second-order valence-electron chi connectivity index (χ2n) is 6.73. The molecule has 0 aromatic heterocycles. The van der Waals surface area contributed by atoms with E-state index >= 15 is 0 Å². The van der Waals surface area contributed by atoms with Crippen LogP contribution in [0.1, 0.15) is 78.1 Å². The first-order valence-electron chi connectivity index (χ1n) is 9.40. The minimum atomic E-state index is 0.389. The monoisotopic (exact) mass is 293 g/mol. The molecule has 1 fully saturated rings. The molecule has 2 unspecified atom stereocenters. The maximum Gasteiger partial charge on any atom is 0.0794 e. The molecule has 2 atom stereocenters. The van der Waals surface area contributed by atoms with Crippen LogP contribution in [0.4, 0.5) is 0 Å². The number of nitrogens with one attached hydrogen (secondary N) is 1. The molecular weight excluding hydrogens is 258 g/mol. The van der Waals surface area contributed by atoms with Gasteiger partial charge in [-0.15, -0.1) is 0 Å². The van der Waals surface area contributed by atoms with Crippen LogP contribution in [0.3, 0.4) is 0 Å². The summed E-state index contributed by atoms with van der Waals surface area (Å²) >= 11 is 0. The zero-order valence-corrected chi connectivity index (χ0v) is 14.2.